The first-order valence-electron chi connectivity index (χ1n) is 12.6. The fraction of sp³-hybridized carbons (Fsp3) is 0.448. The summed E-state index contributed by atoms with van der Waals surface area (Å²) in [5.41, 5.74) is -2.92. The fourth-order valence-electron chi connectivity index (χ4n) is 2.91. The molecule has 0 saturated carbocycles. The molecule has 0 radical (unpaired) electrons. The van der Waals surface area contributed by atoms with Crippen LogP contribution in [0.4, 0.5) is 0 Å². The van der Waals surface area contributed by atoms with E-state index in [1.807, 2.05) is 0 Å². The average Bonchev–Trinajstić information content (AvgIpc) is 3.00. The van der Waals surface area contributed by atoms with Crippen LogP contribution in [0.5, 0.6) is 0 Å². The first kappa shape index (κ1) is 37.5. The molecule has 0 heterocycles. The van der Waals surface area contributed by atoms with Crippen molar-refractivity contribution in [2.45, 2.75) is 19.8 Å². The molecule has 0 spiro atoms. The quantitative estimate of drug-likeness (QED) is 0.0958. The Morgan fingerprint density at radius 1 is 0.476 bits per heavy atom. The van der Waals surface area contributed by atoms with Gasteiger partial charge in [0.25, 0.3) is 0 Å². The Kier molecular flexibility index (Phi) is 18.2. The van der Waals surface area contributed by atoms with Gasteiger partial charge in [0.15, 0.2) is 0 Å². The summed E-state index contributed by atoms with van der Waals surface area (Å²) in [5, 5.41) is 0. The van der Waals surface area contributed by atoms with Crippen LogP contribution in [0.1, 0.15) is 19.8 Å². The second-order valence-electron chi connectivity index (χ2n) is 8.96. The molecule has 0 aromatic heterocycles. The van der Waals surface area contributed by atoms with Gasteiger partial charge in [-0.1, -0.05) is 39.8 Å². The van der Waals surface area contributed by atoms with E-state index in [0.717, 1.165) is 30.4 Å². The van der Waals surface area contributed by atoms with Crippen molar-refractivity contribution in [1.82, 2.24) is 0 Å². The lowest BCUT2D eigenvalue weighted by Crippen LogP contribution is -2.47. The number of hydrogen-bond acceptors (Lipinski definition) is 13. The molecule has 0 aromatic carbocycles. The molecule has 0 fully saturated rings. The average molecular weight is 595 g/mol. The van der Waals surface area contributed by atoms with Crippen molar-refractivity contribution < 1.29 is 61.9 Å². The minimum Gasteiger partial charge on any atom is -0.465 e. The highest BCUT2D eigenvalue weighted by atomic mass is 16.6. The maximum Gasteiger partial charge on any atom is 0.330 e. The van der Waals surface area contributed by atoms with Crippen LogP contribution in [0.3, 0.4) is 0 Å². The summed E-state index contributed by atoms with van der Waals surface area (Å²) in [5.74, 6) is -4.66. The molecular weight excluding hydrogens is 556 g/mol. The Balaban J connectivity index is 6.32. The van der Waals surface area contributed by atoms with Crippen LogP contribution in [-0.2, 0) is 61.9 Å². The normalized spacial score (nSPS) is 10.7. The van der Waals surface area contributed by atoms with E-state index in [4.69, 9.17) is 33.2 Å². The van der Waals surface area contributed by atoms with Crippen molar-refractivity contribution in [3.63, 3.8) is 0 Å². The molecule has 0 N–H and O–H groups in total. The Morgan fingerprint density at radius 2 is 0.738 bits per heavy atom. The zero-order chi connectivity index (χ0) is 32.0. The van der Waals surface area contributed by atoms with Gasteiger partial charge in [-0.25, -0.2) is 24.0 Å². The summed E-state index contributed by atoms with van der Waals surface area (Å²) in [6.45, 7) is 14.9. The van der Waals surface area contributed by atoms with Crippen molar-refractivity contribution in [2.75, 3.05) is 52.9 Å². The Labute approximate surface area is 244 Å². The topological polar surface area (TPSA) is 167 Å². The van der Waals surface area contributed by atoms with E-state index in [2.05, 4.69) is 32.9 Å². The number of esters is 6. The fourth-order valence-corrected chi connectivity index (χ4v) is 2.91. The lowest BCUT2D eigenvalue weighted by atomic mass is 9.90. The van der Waals surface area contributed by atoms with Gasteiger partial charge in [0.1, 0.15) is 39.6 Å². The number of rotatable bonds is 23. The van der Waals surface area contributed by atoms with E-state index in [0.29, 0.717) is 6.42 Å². The maximum atomic E-state index is 12.2. The molecule has 13 nitrogen and oxygen atoms in total. The second-order valence-corrected chi connectivity index (χ2v) is 8.96. The van der Waals surface area contributed by atoms with Crippen LogP contribution >= 0.6 is 0 Å². The molecule has 0 aliphatic heterocycles. The molecule has 232 valence electrons. The van der Waals surface area contributed by atoms with E-state index in [1.54, 1.807) is 6.92 Å². The van der Waals surface area contributed by atoms with Gasteiger partial charge >= 0.3 is 35.8 Å². The van der Waals surface area contributed by atoms with Crippen molar-refractivity contribution in [3.8, 4) is 0 Å². The van der Waals surface area contributed by atoms with Gasteiger partial charge < -0.3 is 33.2 Å². The minimum absolute atomic E-state index is 0.0942. The van der Waals surface area contributed by atoms with Crippen molar-refractivity contribution in [1.29, 1.82) is 0 Å². The maximum absolute atomic E-state index is 12.2. The van der Waals surface area contributed by atoms with Gasteiger partial charge in [-0.05, 0) is 6.42 Å². The predicted octanol–water partition coefficient (Wildman–Crippen LogP) is 1.97. The van der Waals surface area contributed by atoms with Crippen molar-refractivity contribution >= 4 is 35.8 Å². The molecule has 0 saturated heterocycles. The zero-order valence-electron chi connectivity index (χ0n) is 23.8. The molecule has 13 heteroatoms. The Hall–Kier alpha value is -4.52. The summed E-state index contributed by atoms with van der Waals surface area (Å²) < 4.78 is 37.1. The van der Waals surface area contributed by atoms with Crippen LogP contribution in [0.15, 0.2) is 63.3 Å². The van der Waals surface area contributed by atoms with Gasteiger partial charge in [-0.15, -0.1) is 0 Å². The van der Waals surface area contributed by atoms with Crippen LogP contribution in [-0.4, -0.2) is 88.7 Å². The number of ether oxygens (including phenoxy) is 7. The molecule has 0 rings (SSSR count). The van der Waals surface area contributed by atoms with Gasteiger partial charge in [0.05, 0.1) is 24.0 Å². The first-order valence-corrected chi connectivity index (χ1v) is 12.6. The highest BCUT2D eigenvalue weighted by Crippen LogP contribution is 2.26. The Morgan fingerprint density at radius 3 is 0.976 bits per heavy atom. The molecule has 0 bridgehead atoms. The van der Waals surface area contributed by atoms with Gasteiger partial charge in [0.2, 0.25) is 0 Å². The third kappa shape index (κ3) is 15.3. The molecule has 0 aliphatic rings. The van der Waals surface area contributed by atoms with Crippen LogP contribution in [0, 0.1) is 10.8 Å². The number of hydrogen-bond donors (Lipinski definition) is 0. The van der Waals surface area contributed by atoms with E-state index in [-0.39, 0.29) is 13.0 Å². The third-order valence-corrected chi connectivity index (χ3v) is 5.25. The van der Waals surface area contributed by atoms with Crippen LogP contribution < -0.4 is 0 Å². The van der Waals surface area contributed by atoms with Crippen LogP contribution in [0.2, 0.25) is 0 Å². The van der Waals surface area contributed by atoms with Gasteiger partial charge in [-0.3, -0.25) is 4.79 Å². The summed E-state index contributed by atoms with van der Waals surface area (Å²) in [6, 6.07) is 0. The molecule has 0 aliphatic carbocycles. The second kappa shape index (κ2) is 20.4. The third-order valence-electron chi connectivity index (χ3n) is 5.25. The summed E-state index contributed by atoms with van der Waals surface area (Å²) >= 11 is 0. The van der Waals surface area contributed by atoms with E-state index in [9.17, 15) is 28.8 Å². The molecule has 0 unspecified atom stereocenters. The van der Waals surface area contributed by atoms with Gasteiger partial charge in [0, 0.05) is 36.8 Å². The Bertz CT molecular complexity index is 927. The number of carbonyl (C=O) groups excluding carboxylic acids is 6. The summed E-state index contributed by atoms with van der Waals surface area (Å²) in [7, 11) is 0. The standard InChI is InChI=1S/C29H38O13/c1-7-13-27(35)42-21-29(19-40-25(33)11-5,20-41-26(34)12-6)15-36-14-28(16-37-22(30)8-2,17-38-23(31)9-3)18-39-24(32)10-4/h8-12H,2-7,13-21H2,1H3. The van der Waals surface area contributed by atoms with Crippen molar-refractivity contribution in [3.05, 3.63) is 63.3 Å². The smallest absolute Gasteiger partial charge is 0.330 e. The zero-order valence-corrected chi connectivity index (χ0v) is 23.8. The summed E-state index contributed by atoms with van der Waals surface area (Å²) in [4.78, 5) is 71.5. The molecule has 0 atom stereocenters. The van der Waals surface area contributed by atoms with Crippen molar-refractivity contribution in [2.24, 2.45) is 10.8 Å². The highest BCUT2D eigenvalue weighted by Gasteiger charge is 2.40. The summed E-state index contributed by atoms with van der Waals surface area (Å²) in [6.07, 6.45) is 5.10. The van der Waals surface area contributed by atoms with Gasteiger partial charge in [-0.2, -0.15) is 0 Å². The largest absolute Gasteiger partial charge is 0.465 e. The SMILES string of the molecule is C=CC(=O)OCC(COCC(COC(=O)C=C)(COC(=O)C=C)COC(=O)CCC)(COC(=O)C=C)COC(=O)C=C. The number of carbonyl (C=O) groups is 6. The van der Waals surface area contributed by atoms with Crippen LogP contribution in [0.25, 0.3) is 0 Å². The van der Waals surface area contributed by atoms with E-state index in [1.165, 1.54) is 0 Å². The lowest BCUT2D eigenvalue weighted by Gasteiger charge is -2.35. The predicted molar refractivity (Wildman–Crippen MR) is 147 cm³/mol. The molecular formula is C29H38O13. The highest BCUT2D eigenvalue weighted by molar-refractivity contribution is 5.82. The minimum atomic E-state index is -1.48. The lowest BCUT2D eigenvalue weighted by molar-refractivity contribution is -0.170. The van der Waals surface area contributed by atoms with E-state index >= 15 is 0 Å². The molecule has 42 heavy (non-hydrogen) atoms. The monoisotopic (exact) mass is 594 g/mol. The first-order chi connectivity index (χ1) is 19.9. The molecule has 0 aromatic rings. The molecule has 0 amide bonds. The van der Waals surface area contributed by atoms with E-state index < -0.39 is 92.9 Å².